The fourth-order valence-corrected chi connectivity index (χ4v) is 3.67. The molecule has 124 valence electrons. The van der Waals surface area contributed by atoms with Crippen LogP contribution < -0.4 is 5.69 Å². The Labute approximate surface area is 141 Å². The van der Waals surface area contributed by atoms with E-state index in [4.69, 9.17) is 11.6 Å². The Morgan fingerprint density at radius 2 is 2.13 bits per heavy atom. The molecule has 0 saturated carbocycles. The second-order valence-corrected chi connectivity index (χ2v) is 6.79. The van der Waals surface area contributed by atoms with Crippen LogP contribution in [0.25, 0.3) is 11.0 Å². The smallest absolute Gasteiger partial charge is 0.305 e. The minimum absolute atomic E-state index is 0.0458. The lowest BCUT2D eigenvalue weighted by atomic mass is 10.1. The fraction of sp³-hybridized carbons (Fsp3) is 0.500. The van der Waals surface area contributed by atoms with Gasteiger partial charge in [0.15, 0.2) is 0 Å². The Kier molecular flexibility index (Phi) is 4.64. The van der Waals surface area contributed by atoms with Gasteiger partial charge < -0.3 is 4.98 Å². The zero-order valence-electron chi connectivity index (χ0n) is 14.0. The molecule has 0 radical (unpaired) electrons. The van der Waals surface area contributed by atoms with Crippen molar-refractivity contribution in [2.24, 2.45) is 0 Å². The molecule has 0 bridgehead atoms. The van der Waals surface area contributed by atoms with E-state index in [2.05, 4.69) is 36.7 Å². The van der Waals surface area contributed by atoms with Gasteiger partial charge in [-0.25, -0.2) is 4.79 Å². The number of halogens is 1. The molecular formula is C18H24ClN3O. The van der Waals surface area contributed by atoms with Gasteiger partial charge in [-0.3, -0.25) is 9.47 Å². The molecule has 0 aliphatic carbocycles. The molecule has 0 spiro atoms. The predicted octanol–water partition coefficient (Wildman–Crippen LogP) is 3.93. The van der Waals surface area contributed by atoms with Crippen molar-refractivity contribution in [2.45, 2.75) is 52.7 Å². The maximum atomic E-state index is 12.3. The minimum atomic E-state index is -0.0458. The van der Waals surface area contributed by atoms with Gasteiger partial charge in [-0.1, -0.05) is 37.1 Å². The molecule has 23 heavy (non-hydrogen) atoms. The van der Waals surface area contributed by atoms with Crippen LogP contribution >= 0.6 is 11.6 Å². The van der Waals surface area contributed by atoms with E-state index in [0.29, 0.717) is 17.6 Å². The van der Waals surface area contributed by atoms with Crippen LogP contribution in [0.5, 0.6) is 0 Å². The summed E-state index contributed by atoms with van der Waals surface area (Å²) in [6.07, 6.45) is 4.53. The topological polar surface area (TPSA) is 41.0 Å². The lowest BCUT2D eigenvalue weighted by molar-refractivity contribution is 0.209. The molecule has 4 nitrogen and oxygen atoms in total. The number of hydrogen-bond acceptors (Lipinski definition) is 2. The number of hydrogen-bond donors (Lipinski definition) is 1. The van der Waals surface area contributed by atoms with Crippen molar-refractivity contribution in [3.63, 3.8) is 0 Å². The molecule has 1 N–H and O–H groups in total. The quantitative estimate of drug-likeness (QED) is 0.861. The van der Waals surface area contributed by atoms with Gasteiger partial charge in [-0.15, -0.1) is 0 Å². The summed E-state index contributed by atoms with van der Waals surface area (Å²) in [5, 5.41) is 0.675. The van der Waals surface area contributed by atoms with Crippen LogP contribution in [0.2, 0.25) is 5.02 Å². The minimum Gasteiger partial charge on any atom is -0.305 e. The Bertz CT molecular complexity index is 796. The summed E-state index contributed by atoms with van der Waals surface area (Å²) in [7, 11) is 0. The van der Waals surface area contributed by atoms with Crippen LogP contribution in [0.3, 0.4) is 0 Å². The monoisotopic (exact) mass is 333 g/mol. The average Bonchev–Trinajstić information content (AvgIpc) is 2.73. The van der Waals surface area contributed by atoms with Crippen molar-refractivity contribution in [1.29, 1.82) is 0 Å². The molecule has 1 aliphatic rings. The molecular weight excluding hydrogens is 310 g/mol. The van der Waals surface area contributed by atoms with Crippen molar-refractivity contribution >= 4 is 22.6 Å². The first kappa shape index (κ1) is 16.3. The first-order valence-corrected chi connectivity index (χ1v) is 8.74. The van der Waals surface area contributed by atoms with E-state index >= 15 is 0 Å². The van der Waals surface area contributed by atoms with Crippen molar-refractivity contribution in [1.82, 2.24) is 14.5 Å². The van der Waals surface area contributed by atoms with Gasteiger partial charge in [-0.05, 0) is 37.5 Å². The first-order chi connectivity index (χ1) is 11.0. The van der Waals surface area contributed by atoms with Crippen LogP contribution in [-0.4, -0.2) is 27.0 Å². The van der Waals surface area contributed by atoms with Gasteiger partial charge in [-0.2, -0.15) is 0 Å². The molecule has 1 atom stereocenters. The average molecular weight is 334 g/mol. The van der Waals surface area contributed by atoms with Gasteiger partial charge >= 0.3 is 5.69 Å². The molecule has 1 aliphatic heterocycles. The third-order valence-electron chi connectivity index (χ3n) is 4.88. The number of nitrogens with zero attached hydrogens (tertiary/aromatic N) is 2. The number of rotatable bonds is 4. The molecule has 0 amide bonds. The fourth-order valence-electron chi connectivity index (χ4n) is 3.43. The highest BCUT2D eigenvalue weighted by Gasteiger charge is 2.23. The number of H-pyrrole nitrogens is 1. The third kappa shape index (κ3) is 3.10. The standard InChI is InChI=1S/C18H24ClN3O/c1-4-13(5-2)6-7-21-11-14-8-15(19)9-16-17(14)22(10-12(21)3)18(23)20-16/h6,8-9,12H,4-5,7,10-11H2,1-3H3,(H,20,23). The second kappa shape index (κ2) is 6.54. The Hall–Kier alpha value is -1.52. The van der Waals surface area contributed by atoms with E-state index in [-0.39, 0.29) is 5.69 Å². The highest BCUT2D eigenvalue weighted by Crippen LogP contribution is 2.27. The summed E-state index contributed by atoms with van der Waals surface area (Å²) in [6.45, 7) is 9.01. The summed E-state index contributed by atoms with van der Waals surface area (Å²) < 4.78 is 1.86. The van der Waals surface area contributed by atoms with E-state index in [0.717, 1.165) is 42.5 Å². The van der Waals surface area contributed by atoms with E-state index < -0.39 is 0 Å². The van der Waals surface area contributed by atoms with Crippen LogP contribution in [0.4, 0.5) is 0 Å². The molecule has 0 fully saturated rings. The van der Waals surface area contributed by atoms with Crippen molar-refractivity contribution < 1.29 is 0 Å². The summed E-state index contributed by atoms with van der Waals surface area (Å²) in [4.78, 5) is 17.6. The molecule has 0 saturated heterocycles. The molecule has 5 heteroatoms. The normalized spacial score (nSPS) is 18.2. The van der Waals surface area contributed by atoms with Crippen molar-refractivity contribution in [2.75, 3.05) is 6.54 Å². The number of aromatic nitrogens is 2. The molecule has 1 aromatic carbocycles. The Balaban J connectivity index is 1.99. The van der Waals surface area contributed by atoms with Gasteiger partial charge in [0.1, 0.15) is 0 Å². The highest BCUT2D eigenvalue weighted by atomic mass is 35.5. The number of imidazole rings is 1. The van der Waals surface area contributed by atoms with E-state index in [1.54, 1.807) is 0 Å². The molecule has 3 rings (SSSR count). The van der Waals surface area contributed by atoms with E-state index in [1.807, 2.05) is 16.7 Å². The van der Waals surface area contributed by atoms with Crippen molar-refractivity contribution in [3.8, 4) is 0 Å². The van der Waals surface area contributed by atoms with Crippen LogP contribution in [-0.2, 0) is 13.1 Å². The zero-order chi connectivity index (χ0) is 16.6. The Morgan fingerprint density at radius 3 is 2.83 bits per heavy atom. The van der Waals surface area contributed by atoms with Gasteiger partial charge in [0.05, 0.1) is 11.0 Å². The number of nitrogens with one attached hydrogen (secondary N) is 1. The lowest BCUT2D eigenvalue weighted by Crippen LogP contribution is -2.36. The van der Waals surface area contributed by atoms with Gasteiger partial charge in [0.25, 0.3) is 0 Å². The molecule has 2 aromatic rings. The predicted molar refractivity (Wildman–Crippen MR) is 96.1 cm³/mol. The maximum Gasteiger partial charge on any atom is 0.326 e. The number of benzene rings is 1. The first-order valence-electron chi connectivity index (χ1n) is 8.36. The van der Waals surface area contributed by atoms with Gasteiger partial charge in [0.2, 0.25) is 0 Å². The molecule has 1 unspecified atom stereocenters. The summed E-state index contributed by atoms with van der Waals surface area (Å²) in [6, 6.07) is 4.12. The van der Waals surface area contributed by atoms with Crippen LogP contribution in [0.15, 0.2) is 28.6 Å². The summed E-state index contributed by atoms with van der Waals surface area (Å²) in [5.41, 5.74) is 4.40. The number of allylic oxidation sites excluding steroid dienone is 1. The second-order valence-electron chi connectivity index (χ2n) is 6.35. The van der Waals surface area contributed by atoms with Gasteiger partial charge in [0, 0.05) is 30.7 Å². The highest BCUT2D eigenvalue weighted by molar-refractivity contribution is 6.31. The third-order valence-corrected chi connectivity index (χ3v) is 5.09. The SMILES string of the molecule is CCC(=CCN1Cc2cc(Cl)cc3[nH]c(=O)n(c23)CC1C)CC. The lowest BCUT2D eigenvalue weighted by Gasteiger charge is -2.26. The largest absolute Gasteiger partial charge is 0.326 e. The molecule has 1 aromatic heterocycles. The van der Waals surface area contributed by atoms with Crippen LogP contribution in [0, 0.1) is 0 Å². The Morgan fingerprint density at radius 1 is 1.39 bits per heavy atom. The van der Waals surface area contributed by atoms with E-state index in [1.165, 1.54) is 5.57 Å². The van der Waals surface area contributed by atoms with Crippen LogP contribution in [0.1, 0.15) is 39.2 Å². The summed E-state index contributed by atoms with van der Waals surface area (Å²) in [5.74, 6) is 0. The number of aromatic amines is 1. The molecule has 2 heterocycles. The van der Waals surface area contributed by atoms with Crippen molar-refractivity contribution in [3.05, 3.63) is 44.9 Å². The zero-order valence-corrected chi connectivity index (χ0v) is 14.8. The maximum absolute atomic E-state index is 12.3. The van der Waals surface area contributed by atoms with E-state index in [9.17, 15) is 4.79 Å². The summed E-state index contributed by atoms with van der Waals surface area (Å²) >= 11 is 6.24.